The number of benzene rings is 2. The number of amides is 2. The molecule has 9 heteroatoms. The summed E-state index contributed by atoms with van der Waals surface area (Å²) in [7, 11) is 0. The van der Waals surface area contributed by atoms with Gasteiger partial charge in [0.25, 0.3) is 11.8 Å². The van der Waals surface area contributed by atoms with E-state index < -0.39 is 35.1 Å². The average molecular weight is 406 g/mol. The van der Waals surface area contributed by atoms with Crippen LogP contribution in [0.5, 0.6) is 0 Å². The first-order valence-corrected chi connectivity index (χ1v) is 8.29. The number of nitrogens with one attached hydrogen (secondary N) is 2. The molecule has 29 heavy (non-hydrogen) atoms. The maximum atomic E-state index is 13.5. The first-order valence-electron chi connectivity index (χ1n) is 8.29. The molecule has 0 radical (unpaired) electrons. The van der Waals surface area contributed by atoms with Gasteiger partial charge in [0.05, 0.1) is 23.1 Å². The van der Waals surface area contributed by atoms with Gasteiger partial charge in [-0.15, -0.1) is 0 Å². The van der Waals surface area contributed by atoms with Crippen molar-refractivity contribution in [1.82, 2.24) is 0 Å². The van der Waals surface area contributed by atoms with E-state index in [-0.39, 0.29) is 22.6 Å². The number of anilines is 2. The Hall–Kier alpha value is -3.62. The molecule has 1 aromatic heterocycles. The molecule has 0 aliphatic carbocycles. The second-order valence-corrected chi connectivity index (χ2v) is 6.06. The summed E-state index contributed by atoms with van der Waals surface area (Å²) in [6.07, 6.45) is -3.53. The topological polar surface area (TPSA) is 71.3 Å². The summed E-state index contributed by atoms with van der Waals surface area (Å²) in [6, 6.07) is 8.84. The van der Waals surface area contributed by atoms with Crippen molar-refractivity contribution in [3.8, 4) is 0 Å². The van der Waals surface area contributed by atoms with E-state index in [1.54, 1.807) is 0 Å². The van der Waals surface area contributed by atoms with Gasteiger partial charge in [0.1, 0.15) is 11.6 Å². The summed E-state index contributed by atoms with van der Waals surface area (Å²) in [4.78, 5) is 24.4. The van der Waals surface area contributed by atoms with Crippen LogP contribution in [0.25, 0.3) is 0 Å². The third-order valence-corrected chi connectivity index (χ3v) is 4.04. The zero-order chi connectivity index (χ0) is 21.2. The van der Waals surface area contributed by atoms with Crippen LogP contribution < -0.4 is 10.6 Å². The van der Waals surface area contributed by atoms with Gasteiger partial charge in [-0.05, 0) is 55.5 Å². The summed E-state index contributed by atoms with van der Waals surface area (Å²) < 4.78 is 58.4. The maximum absolute atomic E-state index is 13.5. The predicted octanol–water partition coefficient (Wildman–Crippen LogP) is 5.25. The first-order chi connectivity index (χ1) is 13.6. The molecule has 2 amide bonds. The molecule has 0 spiro atoms. The molecule has 2 aromatic carbocycles. The van der Waals surface area contributed by atoms with Crippen LogP contribution in [-0.4, -0.2) is 11.8 Å². The Bertz CT molecular complexity index is 1060. The van der Waals surface area contributed by atoms with Crippen LogP contribution in [0.2, 0.25) is 0 Å². The van der Waals surface area contributed by atoms with E-state index in [4.69, 9.17) is 4.42 Å². The summed E-state index contributed by atoms with van der Waals surface area (Å²) in [5.74, 6) is -1.75. The minimum absolute atomic E-state index is 0.0766. The number of rotatable bonds is 4. The molecular weight excluding hydrogens is 392 g/mol. The minimum atomic E-state index is -4.79. The molecule has 0 saturated carbocycles. The van der Waals surface area contributed by atoms with Gasteiger partial charge in [0.15, 0.2) is 0 Å². The molecule has 0 bridgehead atoms. The summed E-state index contributed by atoms with van der Waals surface area (Å²) in [5.41, 5.74) is -1.56. The van der Waals surface area contributed by atoms with Crippen LogP contribution >= 0.6 is 0 Å². The van der Waals surface area contributed by atoms with Crippen LogP contribution in [0.4, 0.5) is 28.9 Å². The number of furan rings is 1. The van der Waals surface area contributed by atoms with Crippen molar-refractivity contribution in [2.45, 2.75) is 13.1 Å². The van der Waals surface area contributed by atoms with Gasteiger partial charge in [-0.2, -0.15) is 13.2 Å². The molecule has 0 fully saturated rings. The van der Waals surface area contributed by atoms with E-state index >= 15 is 0 Å². The number of aryl methyl sites for hydroxylation is 1. The molecule has 3 rings (SSSR count). The maximum Gasteiger partial charge on any atom is 0.418 e. The van der Waals surface area contributed by atoms with Crippen LogP contribution in [0.15, 0.2) is 59.2 Å². The molecule has 5 nitrogen and oxygen atoms in total. The molecule has 2 N–H and O–H groups in total. The molecule has 3 aromatic rings. The predicted molar refractivity (Wildman–Crippen MR) is 97.2 cm³/mol. The lowest BCUT2D eigenvalue weighted by atomic mass is 10.1. The van der Waals surface area contributed by atoms with Crippen molar-refractivity contribution in [3.05, 3.63) is 83.1 Å². The third-order valence-electron chi connectivity index (χ3n) is 4.04. The Morgan fingerprint density at radius 3 is 2.21 bits per heavy atom. The van der Waals surface area contributed by atoms with E-state index in [0.717, 1.165) is 18.2 Å². The van der Waals surface area contributed by atoms with Gasteiger partial charge >= 0.3 is 6.18 Å². The molecular formula is C20H14F4N2O3. The molecule has 0 unspecified atom stereocenters. The molecule has 150 valence electrons. The highest BCUT2D eigenvalue weighted by atomic mass is 19.4. The number of hydrogen-bond donors (Lipinski definition) is 2. The number of carbonyl (C=O) groups is 2. The van der Waals surface area contributed by atoms with Gasteiger partial charge in [-0.3, -0.25) is 9.59 Å². The van der Waals surface area contributed by atoms with E-state index in [1.165, 1.54) is 37.5 Å². The van der Waals surface area contributed by atoms with Crippen LogP contribution in [0, 0.1) is 12.7 Å². The Morgan fingerprint density at radius 1 is 0.931 bits per heavy atom. The molecule has 0 atom stereocenters. The Kier molecular flexibility index (Phi) is 5.40. The van der Waals surface area contributed by atoms with Crippen molar-refractivity contribution in [2.75, 3.05) is 10.6 Å². The first kappa shape index (κ1) is 20.1. The normalized spacial score (nSPS) is 11.2. The van der Waals surface area contributed by atoms with Crippen molar-refractivity contribution in [2.24, 2.45) is 0 Å². The number of carbonyl (C=O) groups excluding carboxylic acids is 2. The second kappa shape index (κ2) is 7.78. The summed E-state index contributed by atoms with van der Waals surface area (Å²) in [6.45, 7) is 1.51. The van der Waals surface area contributed by atoms with Crippen molar-refractivity contribution in [3.63, 3.8) is 0 Å². The van der Waals surface area contributed by atoms with Crippen LogP contribution in [0.3, 0.4) is 0 Å². The fraction of sp³-hybridized carbons (Fsp3) is 0.100. The Morgan fingerprint density at radius 2 is 1.62 bits per heavy atom. The molecule has 0 saturated heterocycles. The standard InChI is InChI=1S/C20H14F4N2O3/c1-11-15(8-9-29-11)19(28)26-17-7-6-14(10-16(17)20(22,23)24)25-18(27)12-2-4-13(21)5-3-12/h2-10H,1H3,(H,25,27)(H,26,28). The smallest absolute Gasteiger partial charge is 0.418 e. The monoisotopic (exact) mass is 406 g/mol. The largest absolute Gasteiger partial charge is 0.469 e. The summed E-state index contributed by atoms with van der Waals surface area (Å²) >= 11 is 0. The zero-order valence-electron chi connectivity index (χ0n) is 14.9. The number of halogens is 4. The van der Waals surface area contributed by atoms with Gasteiger partial charge in [-0.1, -0.05) is 0 Å². The van der Waals surface area contributed by atoms with E-state index in [9.17, 15) is 27.2 Å². The fourth-order valence-electron chi connectivity index (χ4n) is 2.58. The second-order valence-electron chi connectivity index (χ2n) is 6.06. The van der Waals surface area contributed by atoms with Crippen LogP contribution in [0.1, 0.15) is 32.0 Å². The highest BCUT2D eigenvalue weighted by Gasteiger charge is 2.34. The lowest BCUT2D eigenvalue weighted by molar-refractivity contribution is -0.136. The Labute approximate surface area is 162 Å². The van der Waals surface area contributed by atoms with E-state index in [0.29, 0.717) is 6.07 Å². The quantitative estimate of drug-likeness (QED) is 0.582. The molecule has 1 heterocycles. The van der Waals surface area contributed by atoms with Crippen molar-refractivity contribution >= 4 is 23.2 Å². The molecule has 0 aliphatic rings. The number of hydrogen-bond acceptors (Lipinski definition) is 3. The Balaban J connectivity index is 1.86. The molecule has 0 aliphatic heterocycles. The fourth-order valence-corrected chi connectivity index (χ4v) is 2.58. The van der Waals surface area contributed by atoms with E-state index in [1.807, 2.05) is 0 Å². The van der Waals surface area contributed by atoms with Gasteiger partial charge in [-0.25, -0.2) is 4.39 Å². The third kappa shape index (κ3) is 4.63. The zero-order valence-corrected chi connectivity index (χ0v) is 14.9. The van der Waals surface area contributed by atoms with Gasteiger partial charge in [0, 0.05) is 11.3 Å². The van der Waals surface area contributed by atoms with Gasteiger partial charge in [0.2, 0.25) is 0 Å². The SMILES string of the molecule is Cc1occc1C(=O)Nc1ccc(NC(=O)c2ccc(F)cc2)cc1C(F)(F)F. The lowest BCUT2D eigenvalue weighted by Crippen LogP contribution is -2.18. The van der Waals surface area contributed by atoms with E-state index in [2.05, 4.69) is 10.6 Å². The van der Waals surface area contributed by atoms with Crippen molar-refractivity contribution < 1.29 is 31.6 Å². The van der Waals surface area contributed by atoms with Crippen molar-refractivity contribution in [1.29, 1.82) is 0 Å². The average Bonchev–Trinajstić information content (AvgIpc) is 3.08. The van der Waals surface area contributed by atoms with Gasteiger partial charge < -0.3 is 15.1 Å². The minimum Gasteiger partial charge on any atom is -0.469 e. The highest BCUT2D eigenvalue weighted by Crippen LogP contribution is 2.37. The highest BCUT2D eigenvalue weighted by molar-refractivity contribution is 6.06. The number of alkyl halides is 3. The summed E-state index contributed by atoms with van der Waals surface area (Å²) in [5, 5.41) is 4.52. The lowest BCUT2D eigenvalue weighted by Gasteiger charge is -2.16. The van der Waals surface area contributed by atoms with Crippen LogP contribution in [-0.2, 0) is 6.18 Å².